The zero-order chi connectivity index (χ0) is 12.5. The monoisotopic (exact) mass is 239 g/mol. The molecule has 3 nitrogen and oxygen atoms in total. The molecule has 2 N–H and O–H groups in total. The molecule has 0 spiro atoms. The summed E-state index contributed by atoms with van der Waals surface area (Å²) in [4.78, 5) is 0. The molecule has 0 aliphatic carbocycles. The first-order chi connectivity index (χ1) is 8.77. The Hall–Kier alpha value is -2.49. The highest BCUT2D eigenvalue weighted by Gasteiger charge is 2.11. The first kappa shape index (κ1) is 10.7. The van der Waals surface area contributed by atoms with Crippen LogP contribution in [0.5, 0.6) is 0 Å². The van der Waals surface area contributed by atoms with Gasteiger partial charge in [-0.15, -0.1) is 10.2 Å². The van der Waals surface area contributed by atoms with Crippen molar-refractivity contribution in [3.8, 4) is 11.3 Å². The van der Waals surface area contributed by atoms with Crippen molar-refractivity contribution >= 4 is 16.6 Å². The van der Waals surface area contributed by atoms with E-state index in [-0.39, 0.29) is 5.82 Å². The maximum atomic E-state index is 13.8. The summed E-state index contributed by atoms with van der Waals surface area (Å²) in [5, 5.41) is 9.49. The summed E-state index contributed by atoms with van der Waals surface area (Å²) >= 11 is 0. The van der Waals surface area contributed by atoms with Crippen LogP contribution in [0.4, 0.5) is 10.2 Å². The van der Waals surface area contributed by atoms with Crippen molar-refractivity contribution in [1.82, 2.24) is 10.2 Å². The van der Waals surface area contributed by atoms with E-state index in [0.29, 0.717) is 17.1 Å². The molecule has 18 heavy (non-hydrogen) atoms. The Labute approximate surface area is 103 Å². The van der Waals surface area contributed by atoms with E-state index in [0.717, 1.165) is 10.8 Å². The van der Waals surface area contributed by atoms with E-state index in [1.165, 1.54) is 6.07 Å². The van der Waals surface area contributed by atoms with Gasteiger partial charge in [0.05, 0.1) is 0 Å². The molecular weight excluding hydrogens is 229 g/mol. The van der Waals surface area contributed by atoms with Gasteiger partial charge in [0.25, 0.3) is 0 Å². The first-order valence-electron chi connectivity index (χ1n) is 5.53. The molecule has 88 valence electrons. The Morgan fingerprint density at radius 2 is 1.50 bits per heavy atom. The normalized spacial score (nSPS) is 10.7. The third-order valence-electron chi connectivity index (χ3n) is 2.84. The number of aromatic nitrogens is 2. The Balaban J connectivity index is 2.38. The van der Waals surface area contributed by atoms with Gasteiger partial charge in [-0.3, -0.25) is 0 Å². The molecule has 0 amide bonds. The minimum Gasteiger partial charge on any atom is -0.382 e. The number of hydrogen-bond acceptors (Lipinski definition) is 3. The SMILES string of the molecule is Nc1nnc(-c2ccccc2F)c2ccccc12. The van der Waals surface area contributed by atoms with Crippen LogP contribution in [0, 0.1) is 5.82 Å². The Kier molecular flexibility index (Phi) is 2.41. The van der Waals surface area contributed by atoms with E-state index in [1.807, 2.05) is 24.3 Å². The van der Waals surface area contributed by atoms with Crippen LogP contribution in [0.2, 0.25) is 0 Å². The zero-order valence-corrected chi connectivity index (χ0v) is 9.47. The van der Waals surface area contributed by atoms with Crippen molar-refractivity contribution in [2.45, 2.75) is 0 Å². The maximum Gasteiger partial charge on any atom is 0.154 e. The molecule has 0 bridgehead atoms. The highest BCUT2D eigenvalue weighted by Crippen LogP contribution is 2.29. The standard InChI is InChI=1S/C14H10FN3/c15-12-8-4-3-7-11(12)13-9-5-1-2-6-10(9)14(16)18-17-13/h1-8H,(H2,16,18). The topological polar surface area (TPSA) is 51.8 Å². The molecule has 0 fully saturated rings. The van der Waals surface area contributed by atoms with Crippen molar-refractivity contribution in [3.05, 3.63) is 54.3 Å². The minimum atomic E-state index is -0.318. The second-order valence-electron chi connectivity index (χ2n) is 3.96. The molecule has 3 rings (SSSR count). The fraction of sp³-hybridized carbons (Fsp3) is 0. The number of nitrogen functional groups attached to an aromatic ring is 1. The Morgan fingerprint density at radius 1 is 0.833 bits per heavy atom. The van der Waals surface area contributed by atoms with E-state index >= 15 is 0 Å². The number of nitrogens with zero attached hydrogens (tertiary/aromatic N) is 2. The van der Waals surface area contributed by atoms with Crippen LogP contribution in [0.15, 0.2) is 48.5 Å². The molecule has 0 radical (unpaired) electrons. The second-order valence-corrected chi connectivity index (χ2v) is 3.96. The Bertz CT molecular complexity index is 725. The molecule has 0 saturated heterocycles. The predicted octanol–water partition coefficient (Wildman–Crippen LogP) is 3.02. The van der Waals surface area contributed by atoms with Crippen molar-refractivity contribution in [2.75, 3.05) is 5.73 Å². The summed E-state index contributed by atoms with van der Waals surface area (Å²) in [6, 6.07) is 14.0. The van der Waals surface area contributed by atoms with E-state index < -0.39 is 0 Å². The van der Waals surface area contributed by atoms with E-state index in [4.69, 9.17) is 5.73 Å². The number of fused-ring (bicyclic) bond motifs is 1. The molecule has 0 unspecified atom stereocenters. The maximum absolute atomic E-state index is 13.8. The van der Waals surface area contributed by atoms with Gasteiger partial charge in [-0.25, -0.2) is 4.39 Å². The number of halogens is 1. The fourth-order valence-corrected chi connectivity index (χ4v) is 1.98. The van der Waals surface area contributed by atoms with Crippen LogP contribution in [0.25, 0.3) is 22.0 Å². The van der Waals surface area contributed by atoms with E-state index in [1.54, 1.807) is 18.2 Å². The molecule has 0 saturated carbocycles. The number of nitrogens with two attached hydrogens (primary N) is 1. The van der Waals surface area contributed by atoms with Crippen LogP contribution in [0.1, 0.15) is 0 Å². The number of benzene rings is 2. The third-order valence-corrected chi connectivity index (χ3v) is 2.84. The average Bonchev–Trinajstić information content (AvgIpc) is 2.41. The lowest BCUT2D eigenvalue weighted by molar-refractivity contribution is 0.630. The second kappa shape index (κ2) is 4.07. The number of rotatable bonds is 1. The van der Waals surface area contributed by atoms with Crippen molar-refractivity contribution in [2.24, 2.45) is 0 Å². The van der Waals surface area contributed by atoms with Gasteiger partial charge >= 0.3 is 0 Å². The summed E-state index contributed by atoms with van der Waals surface area (Å²) in [6.07, 6.45) is 0. The fourth-order valence-electron chi connectivity index (χ4n) is 1.98. The predicted molar refractivity (Wildman–Crippen MR) is 69.3 cm³/mol. The van der Waals surface area contributed by atoms with E-state index in [2.05, 4.69) is 10.2 Å². The van der Waals surface area contributed by atoms with Gasteiger partial charge < -0.3 is 5.73 Å². The molecule has 1 heterocycles. The van der Waals surface area contributed by atoms with Gasteiger partial charge in [0, 0.05) is 16.3 Å². The minimum absolute atomic E-state index is 0.318. The zero-order valence-electron chi connectivity index (χ0n) is 9.47. The first-order valence-corrected chi connectivity index (χ1v) is 5.53. The highest BCUT2D eigenvalue weighted by molar-refractivity contribution is 5.99. The largest absolute Gasteiger partial charge is 0.382 e. The lowest BCUT2D eigenvalue weighted by Gasteiger charge is -2.07. The van der Waals surface area contributed by atoms with E-state index in [9.17, 15) is 4.39 Å². The van der Waals surface area contributed by atoms with Crippen LogP contribution < -0.4 is 5.73 Å². The van der Waals surface area contributed by atoms with Crippen LogP contribution in [-0.2, 0) is 0 Å². The van der Waals surface area contributed by atoms with Crippen molar-refractivity contribution < 1.29 is 4.39 Å². The average molecular weight is 239 g/mol. The molecule has 0 atom stereocenters. The van der Waals surface area contributed by atoms with Gasteiger partial charge in [0.1, 0.15) is 11.5 Å². The van der Waals surface area contributed by atoms with Gasteiger partial charge in [0.15, 0.2) is 5.82 Å². The quantitative estimate of drug-likeness (QED) is 0.710. The van der Waals surface area contributed by atoms with Crippen LogP contribution >= 0.6 is 0 Å². The van der Waals surface area contributed by atoms with Crippen molar-refractivity contribution in [1.29, 1.82) is 0 Å². The molecular formula is C14H10FN3. The molecule has 1 aromatic heterocycles. The number of hydrogen-bond donors (Lipinski definition) is 1. The summed E-state index contributed by atoms with van der Waals surface area (Å²) in [6.45, 7) is 0. The Morgan fingerprint density at radius 3 is 2.28 bits per heavy atom. The summed E-state index contributed by atoms with van der Waals surface area (Å²) < 4.78 is 13.8. The summed E-state index contributed by atoms with van der Waals surface area (Å²) in [7, 11) is 0. The molecule has 4 heteroatoms. The molecule has 2 aromatic carbocycles. The van der Waals surface area contributed by atoms with Gasteiger partial charge in [-0.1, -0.05) is 36.4 Å². The number of anilines is 1. The lowest BCUT2D eigenvalue weighted by atomic mass is 10.0. The smallest absolute Gasteiger partial charge is 0.154 e. The third kappa shape index (κ3) is 1.59. The molecule has 3 aromatic rings. The van der Waals surface area contributed by atoms with Crippen LogP contribution in [0.3, 0.4) is 0 Å². The van der Waals surface area contributed by atoms with Gasteiger partial charge in [-0.2, -0.15) is 0 Å². The van der Waals surface area contributed by atoms with Gasteiger partial charge in [-0.05, 0) is 12.1 Å². The summed E-state index contributed by atoms with van der Waals surface area (Å²) in [5.41, 5.74) is 6.72. The van der Waals surface area contributed by atoms with Crippen LogP contribution in [-0.4, -0.2) is 10.2 Å². The highest BCUT2D eigenvalue weighted by atomic mass is 19.1. The van der Waals surface area contributed by atoms with Gasteiger partial charge in [0.2, 0.25) is 0 Å². The lowest BCUT2D eigenvalue weighted by Crippen LogP contribution is -1.98. The molecule has 0 aliphatic rings. The van der Waals surface area contributed by atoms with Crippen molar-refractivity contribution in [3.63, 3.8) is 0 Å². The summed E-state index contributed by atoms with van der Waals surface area (Å²) in [5.74, 6) is 0.0346. The molecule has 0 aliphatic heterocycles.